The molecule has 3 heterocycles. The highest BCUT2D eigenvalue weighted by Gasteiger charge is 2.38. The van der Waals surface area contributed by atoms with Gasteiger partial charge in [0.1, 0.15) is 11.3 Å². The summed E-state index contributed by atoms with van der Waals surface area (Å²) in [6.45, 7) is 1.84. The third-order valence-corrected chi connectivity index (χ3v) is 8.08. The van der Waals surface area contributed by atoms with Crippen LogP contribution in [0.5, 0.6) is 0 Å². The first-order chi connectivity index (χ1) is 18.8. The summed E-state index contributed by atoms with van der Waals surface area (Å²) in [5, 5.41) is 1.13. The summed E-state index contributed by atoms with van der Waals surface area (Å²) in [6.07, 6.45) is 0.160. The summed E-state index contributed by atoms with van der Waals surface area (Å²) >= 11 is 0. The zero-order valence-electron chi connectivity index (χ0n) is 21.2. The predicted molar refractivity (Wildman–Crippen MR) is 145 cm³/mol. The van der Waals surface area contributed by atoms with Crippen molar-refractivity contribution in [3.8, 4) is 22.5 Å². The van der Waals surface area contributed by atoms with Crippen molar-refractivity contribution in [2.24, 2.45) is 11.8 Å². The van der Waals surface area contributed by atoms with Gasteiger partial charge in [-0.1, -0.05) is 42.5 Å². The molecule has 1 atom stereocenters. The molecular weight excluding hydrogens is 501 g/mol. The number of likely N-dealkylation sites (tertiary alicyclic amines) is 1. The Morgan fingerprint density at radius 1 is 0.949 bits per heavy atom. The van der Waals surface area contributed by atoms with Gasteiger partial charge >= 0.3 is 6.18 Å². The Morgan fingerprint density at radius 2 is 1.72 bits per heavy atom. The van der Waals surface area contributed by atoms with E-state index in [2.05, 4.69) is 28.2 Å². The van der Waals surface area contributed by atoms with Crippen LogP contribution in [0.4, 0.5) is 13.2 Å². The molecule has 5 aromatic rings. The lowest BCUT2D eigenvalue weighted by Crippen LogP contribution is -2.30. The second-order valence-corrected chi connectivity index (χ2v) is 10.8. The van der Waals surface area contributed by atoms with Crippen LogP contribution in [0.25, 0.3) is 44.5 Å². The first-order valence-electron chi connectivity index (χ1n) is 13.4. The molecule has 0 spiro atoms. The fraction of sp³-hybridized carbons (Fsp3) is 0.290. The number of amides is 1. The molecule has 1 amide bonds. The van der Waals surface area contributed by atoms with Gasteiger partial charge in [-0.05, 0) is 66.0 Å². The zero-order chi connectivity index (χ0) is 26.7. The number of halogens is 3. The average Bonchev–Trinajstić information content (AvgIpc) is 3.32. The van der Waals surface area contributed by atoms with E-state index in [4.69, 9.17) is 0 Å². The minimum Gasteiger partial charge on any atom is -0.361 e. The van der Waals surface area contributed by atoms with Crippen LogP contribution in [0.15, 0.2) is 72.9 Å². The van der Waals surface area contributed by atoms with Crippen LogP contribution in [0, 0.1) is 11.8 Å². The Hall–Kier alpha value is -4.07. The molecule has 2 aromatic heterocycles. The number of fused-ring (bicyclic) bond motifs is 2. The number of nitrogens with one attached hydrogen (secondary N) is 1. The van der Waals surface area contributed by atoms with Gasteiger partial charge in [-0.25, -0.2) is 4.98 Å². The molecular formula is C31H27F3N4O. The highest BCUT2D eigenvalue weighted by atomic mass is 19.4. The van der Waals surface area contributed by atoms with E-state index in [-0.39, 0.29) is 23.3 Å². The van der Waals surface area contributed by atoms with Gasteiger partial charge in [0.15, 0.2) is 0 Å². The van der Waals surface area contributed by atoms with Crippen molar-refractivity contribution in [2.45, 2.75) is 32.0 Å². The number of aromatic amines is 1. The maximum absolute atomic E-state index is 13.9. The molecule has 0 bridgehead atoms. The smallest absolute Gasteiger partial charge is 0.361 e. The molecule has 3 aromatic carbocycles. The van der Waals surface area contributed by atoms with Crippen molar-refractivity contribution >= 4 is 27.8 Å². The van der Waals surface area contributed by atoms with Crippen LogP contribution in [-0.4, -0.2) is 38.4 Å². The summed E-state index contributed by atoms with van der Waals surface area (Å²) in [7, 11) is 0. The third-order valence-electron chi connectivity index (χ3n) is 8.08. The van der Waals surface area contributed by atoms with Crippen molar-refractivity contribution in [3.63, 3.8) is 0 Å². The quantitative estimate of drug-likeness (QED) is 0.264. The van der Waals surface area contributed by atoms with Gasteiger partial charge in [0.25, 0.3) is 0 Å². The number of carbonyl (C=O) groups excluding carboxylic acids is 1. The minimum atomic E-state index is -4.50. The molecule has 1 N–H and O–H groups in total. The second-order valence-electron chi connectivity index (χ2n) is 10.8. The Bertz CT molecular complexity index is 1690. The number of alkyl halides is 3. The molecule has 39 heavy (non-hydrogen) atoms. The van der Waals surface area contributed by atoms with Gasteiger partial charge in [-0.2, -0.15) is 13.2 Å². The lowest BCUT2D eigenvalue weighted by atomic mass is 10.0. The van der Waals surface area contributed by atoms with E-state index in [0.29, 0.717) is 31.0 Å². The fourth-order valence-electron chi connectivity index (χ4n) is 5.85. The normalized spacial score (nSPS) is 17.9. The van der Waals surface area contributed by atoms with E-state index >= 15 is 0 Å². The fourth-order valence-corrected chi connectivity index (χ4v) is 5.85. The van der Waals surface area contributed by atoms with Crippen LogP contribution in [-0.2, 0) is 17.5 Å². The van der Waals surface area contributed by atoms with Crippen molar-refractivity contribution < 1.29 is 18.0 Å². The number of aromatic nitrogens is 3. The molecule has 1 saturated heterocycles. The summed E-state index contributed by atoms with van der Waals surface area (Å²) < 4.78 is 43.7. The monoisotopic (exact) mass is 528 g/mol. The van der Waals surface area contributed by atoms with Crippen LogP contribution in [0.3, 0.4) is 0 Å². The average molecular weight is 529 g/mol. The van der Waals surface area contributed by atoms with Crippen molar-refractivity contribution in [1.29, 1.82) is 0 Å². The third kappa shape index (κ3) is 4.37. The van der Waals surface area contributed by atoms with Gasteiger partial charge in [-0.15, -0.1) is 0 Å². The first-order valence-corrected chi connectivity index (χ1v) is 13.4. The number of hydrogen-bond donors (Lipinski definition) is 1. The molecule has 1 aliphatic carbocycles. The maximum Gasteiger partial charge on any atom is 0.418 e. The maximum atomic E-state index is 13.9. The Balaban J connectivity index is 1.26. The molecule has 0 radical (unpaired) electrons. The molecule has 1 saturated carbocycles. The Kier molecular flexibility index (Phi) is 5.54. The highest BCUT2D eigenvalue weighted by molar-refractivity contribution is 5.86. The Morgan fingerprint density at radius 3 is 2.49 bits per heavy atom. The number of imidazole rings is 1. The molecule has 1 aliphatic heterocycles. The number of carbonyl (C=O) groups is 1. The number of H-pyrrole nitrogens is 1. The predicted octanol–water partition coefficient (Wildman–Crippen LogP) is 7.13. The highest BCUT2D eigenvalue weighted by Crippen LogP contribution is 2.38. The van der Waals surface area contributed by atoms with E-state index in [0.717, 1.165) is 52.9 Å². The standard InChI is InChI=1S/C31H27F3N4O/c32-31(33,34)25-2-1-3-27-28(25)36-29(38(27)18-19-13-15-37(17-19)30(39)23-9-10-23)22-7-4-20(5-8-22)24-11-6-21-12-14-35-26(21)16-24/h1-8,11-12,14,16,19,23,35H,9-10,13,15,17-18H2/t19-/m0/s1. The van der Waals surface area contributed by atoms with E-state index in [1.165, 1.54) is 6.07 Å². The molecule has 8 heteroatoms. The molecule has 7 rings (SSSR count). The number of rotatable bonds is 5. The second kappa shape index (κ2) is 9.00. The summed E-state index contributed by atoms with van der Waals surface area (Å²) in [5.74, 6) is 1.06. The molecule has 0 unspecified atom stereocenters. The SMILES string of the molecule is O=C(C1CC1)N1CC[C@H](Cn2c(-c3ccc(-c4ccc5cc[nH]c5c4)cc3)nc3c(C(F)(F)F)cccc32)C1. The molecule has 2 fully saturated rings. The van der Waals surface area contributed by atoms with Gasteiger partial charge in [0.05, 0.1) is 11.1 Å². The molecule has 2 aliphatic rings. The molecule has 198 valence electrons. The van der Waals surface area contributed by atoms with Crippen molar-refractivity contribution in [1.82, 2.24) is 19.4 Å². The largest absolute Gasteiger partial charge is 0.418 e. The number of para-hydroxylation sites is 1. The number of benzene rings is 3. The summed E-state index contributed by atoms with van der Waals surface area (Å²) in [6, 6.07) is 20.3. The van der Waals surface area contributed by atoms with E-state index in [1.54, 1.807) is 6.07 Å². The lowest BCUT2D eigenvalue weighted by molar-refractivity contribution is -0.136. The zero-order valence-corrected chi connectivity index (χ0v) is 21.2. The van der Waals surface area contributed by atoms with Gasteiger partial charge in [0, 0.05) is 42.8 Å². The van der Waals surface area contributed by atoms with E-state index < -0.39 is 11.7 Å². The summed E-state index contributed by atoms with van der Waals surface area (Å²) in [4.78, 5) is 22.3. The number of hydrogen-bond acceptors (Lipinski definition) is 2. The molecule has 5 nitrogen and oxygen atoms in total. The summed E-state index contributed by atoms with van der Waals surface area (Å²) in [5.41, 5.74) is 3.57. The topological polar surface area (TPSA) is 53.9 Å². The van der Waals surface area contributed by atoms with Gasteiger partial charge < -0.3 is 14.5 Å². The van der Waals surface area contributed by atoms with Crippen LogP contribution in [0.2, 0.25) is 0 Å². The lowest BCUT2D eigenvalue weighted by Gasteiger charge is -2.18. The van der Waals surface area contributed by atoms with Gasteiger partial charge in [-0.3, -0.25) is 4.79 Å². The van der Waals surface area contributed by atoms with Crippen LogP contribution >= 0.6 is 0 Å². The minimum absolute atomic E-state index is 0.0369. The van der Waals surface area contributed by atoms with E-state index in [1.807, 2.05) is 46.0 Å². The van der Waals surface area contributed by atoms with E-state index in [9.17, 15) is 18.0 Å². The van der Waals surface area contributed by atoms with Gasteiger partial charge in [0.2, 0.25) is 5.91 Å². The van der Waals surface area contributed by atoms with Crippen LogP contribution < -0.4 is 0 Å². The first kappa shape index (κ1) is 24.0. The van der Waals surface area contributed by atoms with Crippen molar-refractivity contribution in [2.75, 3.05) is 13.1 Å². The van der Waals surface area contributed by atoms with Crippen LogP contribution in [0.1, 0.15) is 24.8 Å². The number of nitrogens with zero attached hydrogens (tertiary/aromatic N) is 3. The Labute approximate surface area is 223 Å². The van der Waals surface area contributed by atoms with Crippen molar-refractivity contribution in [3.05, 3.63) is 78.5 Å².